The Kier molecular flexibility index (Phi) is 4.28. The van der Waals surface area contributed by atoms with Crippen molar-refractivity contribution in [1.82, 2.24) is 0 Å². The predicted octanol–water partition coefficient (Wildman–Crippen LogP) is 0.442. The van der Waals surface area contributed by atoms with Crippen molar-refractivity contribution in [3.63, 3.8) is 0 Å². The molecule has 0 unspecified atom stereocenters. The van der Waals surface area contributed by atoms with Crippen LogP contribution in [0.15, 0.2) is 18.2 Å². The molecule has 1 rings (SSSR count). The van der Waals surface area contributed by atoms with Crippen LogP contribution in [-0.4, -0.2) is 25.9 Å². The van der Waals surface area contributed by atoms with Gasteiger partial charge in [0.1, 0.15) is 11.5 Å². The third kappa shape index (κ3) is 4.97. The molecule has 0 atom stereocenters. The fourth-order valence-corrected chi connectivity index (χ4v) is 1.82. The van der Waals surface area contributed by atoms with Gasteiger partial charge in [-0.1, -0.05) is 0 Å². The molecule has 0 aliphatic carbocycles. The first kappa shape index (κ1) is 14.8. The number of rotatable bonds is 5. The summed E-state index contributed by atoms with van der Waals surface area (Å²) in [5, 5.41) is 0. The first-order valence-electron chi connectivity index (χ1n) is 4.20. The maximum atomic E-state index is 10.6. The summed E-state index contributed by atoms with van der Waals surface area (Å²) in [6, 6.07) is 2.85. The van der Waals surface area contributed by atoms with Crippen LogP contribution in [0.1, 0.15) is 10.4 Å². The minimum atomic E-state index is -4.91. The van der Waals surface area contributed by atoms with Crippen LogP contribution in [0, 0.1) is 0 Å². The Bertz CT molecular complexity index is 542. The molecule has 9 nitrogen and oxygen atoms in total. The van der Waals surface area contributed by atoms with E-state index in [1.165, 1.54) is 0 Å². The average Bonchev–Trinajstić information content (AvgIpc) is 2.12. The number of benzene rings is 1. The Labute approximate surface area is 100 Å². The highest BCUT2D eigenvalue weighted by Crippen LogP contribution is 2.43. The van der Waals surface area contributed by atoms with Gasteiger partial charge in [-0.25, -0.2) is 9.13 Å². The summed E-state index contributed by atoms with van der Waals surface area (Å²) in [6.07, 6.45) is 0.256. The molecule has 0 heterocycles. The molecule has 4 N–H and O–H groups in total. The molecule has 0 saturated heterocycles. The molecule has 0 aliphatic rings. The first-order valence-corrected chi connectivity index (χ1v) is 7.26. The van der Waals surface area contributed by atoms with E-state index in [2.05, 4.69) is 9.05 Å². The van der Waals surface area contributed by atoms with Crippen molar-refractivity contribution in [3.05, 3.63) is 23.8 Å². The van der Waals surface area contributed by atoms with Gasteiger partial charge >= 0.3 is 15.6 Å². The van der Waals surface area contributed by atoms with E-state index in [4.69, 9.17) is 19.6 Å². The Morgan fingerprint density at radius 1 is 1.00 bits per heavy atom. The lowest BCUT2D eigenvalue weighted by molar-refractivity contribution is 0.112. The van der Waals surface area contributed by atoms with Gasteiger partial charge in [-0.3, -0.25) is 24.4 Å². The maximum absolute atomic E-state index is 10.6. The molecular formula is C7H8O9P2. The third-order valence-corrected chi connectivity index (χ3v) is 2.44. The second-order valence-electron chi connectivity index (χ2n) is 2.98. The predicted molar refractivity (Wildman–Crippen MR) is 57.2 cm³/mol. The number of phosphoric acid groups is 2. The van der Waals surface area contributed by atoms with Crippen molar-refractivity contribution in [2.75, 3.05) is 0 Å². The van der Waals surface area contributed by atoms with Gasteiger partial charge in [-0.05, 0) is 12.1 Å². The summed E-state index contributed by atoms with van der Waals surface area (Å²) in [4.78, 5) is 44.9. The van der Waals surface area contributed by atoms with Gasteiger partial charge in [-0.2, -0.15) is 0 Å². The van der Waals surface area contributed by atoms with Gasteiger partial charge in [-0.15, -0.1) is 0 Å². The van der Waals surface area contributed by atoms with E-state index in [0.717, 1.165) is 18.2 Å². The Balaban J connectivity index is 3.13. The molecule has 1 aromatic carbocycles. The number of aldehydes is 1. The van der Waals surface area contributed by atoms with Gasteiger partial charge in [0, 0.05) is 6.07 Å². The van der Waals surface area contributed by atoms with Crippen LogP contribution in [0.2, 0.25) is 0 Å². The molecule has 0 spiro atoms. The molecule has 0 bridgehead atoms. The van der Waals surface area contributed by atoms with Crippen molar-refractivity contribution in [3.8, 4) is 11.5 Å². The molecule has 18 heavy (non-hydrogen) atoms. The third-order valence-electron chi connectivity index (χ3n) is 1.55. The molecule has 1 aromatic rings. The highest BCUT2D eigenvalue weighted by Gasteiger charge is 2.21. The Morgan fingerprint density at radius 3 is 2.00 bits per heavy atom. The van der Waals surface area contributed by atoms with Crippen LogP contribution >= 0.6 is 15.6 Å². The van der Waals surface area contributed by atoms with Crippen molar-refractivity contribution in [1.29, 1.82) is 0 Å². The molecule has 0 aromatic heterocycles. The second kappa shape index (κ2) is 5.19. The Hall–Kier alpha value is -1.21. The van der Waals surface area contributed by atoms with E-state index < -0.39 is 27.1 Å². The van der Waals surface area contributed by atoms with E-state index in [1.807, 2.05) is 0 Å². The van der Waals surface area contributed by atoms with Gasteiger partial charge in [0.05, 0.1) is 5.56 Å². The lowest BCUT2D eigenvalue weighted by atomic mass is 10.2. The number of hydrogen-bond donors (Lipinski definition) is 4. The molecule has 0 radical (unpaired) electrons. The maximum Gasteiger partial charge on any atom is 0.524 e. The van der Waals surface area contributed by atoms with Crippen LogP contribution in [-0.2, 0) is 9.13 Å². The molecular weight excluding hydrogens is 290 g/mol. The summed E-state index contributed by atoms with van der Waals surface area (Å²) < 4.78 is 29.5. The SMILES string of the molecule is O=Cc1ccc(OP(=O)(O)O)cc1OP(=O)(O)O. The molecule has 0 aliphatic heterocycles. The van der Waals surface area contributed by atoms with Crippen molar-refractivity contribution in [2.45, 2.75) is 0 Å². The van der Waals surface area contributed by atoms with E-state index in [0.29, 0.717) is 0 Å². The van der Waals surface area contributed by atoms with Gasteiger partial charge in [0.25, 0.3) is 0 Å². The fraction of sp³-hybridized carbons (Fsp3) is 0. The van der Waals surface area contributed by atoms with Crippen LogP contribution < -0.4 is 9.05 Å². The lowest BCUT2D eigenvalue weighted by Gasteiger charge is -2.11. The average molecular weight is 298 g/mol. The Morgan fingerprint density at radius 2 is 1.56 bits per heavy atom. The van der Waals surface area contributed by atoms with Crippen molar-refractivity contribution >= 4 is 21.9 Å². The highest BCUT2D eigenvalue weighted by molar-refractivity contribution is 7.47. The molecule has 11 heteroatoms. The number of phosphoric ester groups is 2. The summed E-state index contributed by atoms with van der Waals surface area (Å²) in [7, 11) is -9.73. The summed E-state index contributed by atoms with van der Waals surface area (Å²) in [5.41, 5.74) is -0.212. The zero-order valence-corrected chi connectivity index (χ0v) is 10.3. The number of hydrogen-bond acceptors (Lipinski definition) is 5. The lowest BCUT2D eigenvalue weighted by Crippen LogP contribution is -1.96. The molecule has 0 amide bonds. The first-order chi connectivity index (χ1) is 8.11. The summed E-state index contributed by atoms with van der Waals surface area (Å²) in [6.45, 7) is 0. The largest absolute Gasteiger partial charge is 0.524 e. The van der Waals surface area contributed by atoms with Gasteiger partial charge < -0.3 is 9.05 Å². The van der Waals surface area contributed by atoms with Crippen LogP contribution in [0.4, 0.5) is 0 Å². The number of carbonyl (C=O) groups excluding carboxylic acids is 1. The second-order valence-corrected chi connectivity index (χ2v) is 5.31. The monoisotopic (exact) mass is 298 g/mol. The fourth-order valence-electron chi connectivity index (χ4n) is 1.01. The van der Waals surface area contributed by atoms with Crippen LogP contribution in [0.5, 0.6) is 11.5 Å². The quantitative estimate of drug-likeness (QED) is 0.448. The normalized spacial score (nSPS) is 12.0. The summed E-state index contributed by atoms with van der Waals surface area (Å²) in [5.74, 6) is -0.957. The molecule has 100 valence electrons. The standard InChI is InChI=1S/C7H8O9P2/c8-4-5-1-2-6(15-17(9,10)11)3-7(5)16-18(12,13)14/h1-4H,(H2,9,10,11)(H2,12,13,14). The van der Waals surface area contributed by atoms with E-state index in [9.17, 15) is 13.9 Å². The van der Waals surface area contributed by atoms with Crippen molar-refractivity contribution < 1.29 is 42.5 Å². The zero-order chi connectivity index (χ0) is 14.0. The van der Waals surface area contributed by atoms with Gasteiger partial charge in [0.2, 0.25) is 0 Å². The molecule has 0 saturated carbocycles. The van der Waals surface area contributed by atoms with E-state index in [1.54, 1.807) is 0 Å². The summed E-state index contributed by atoms with van der Waals surface area (Å²) >= 11 is 0. The number of carbonyl (C=O) groups is 1. The van der Waals surface area contributed by atoms with Gasteiger partial charge in [0.15, 0.2) is 6.29 Å². The highest BCUT2D eigenvalue weighted by atomic mass is 31.2. The van der Waals surface area contributed by atoms with Crippen molar-refractivity contribution in [2.24, 2.45) is 0 Å². The van der Waals surface area contributed by atoms with E-state index in [-0.39, 0.29) is 11.8 Å². The minimum absolute atomic E-state index is 0.212. The minimum Gasteiger partial charge on any atom is -0.404 e. The van der Waals surface area contributed by atoms with E-state index >= 15 is 0 Å². The van der Waals surface area contributed by atoms with Crippen LogP contribution in [0.3, 0.4) is 0 Å². The topological polar surface area (TPSA) is 151 Å². The zero-order valence-electron chi connectivity index (χ0n) is 8.53. The molecule has 0 fully saturated rings. The smallest absolute Gasteiger partial charge is 0.404 e. The van der Waals surface area contributed by atoms with Crippen LogP contribution in [0.25, 0.3) is 0 Å².